The van der Waals surface area contributed by atoms with Crippen molar-refractivity contribution in [3.05, 3.63) is 19.8 Å². The summed E-state index contributed by atoms with van der Waals surface area (Å²) in [6.07, 6.45) is 7.57. The third-order valence-electron chi connectivity index (χ3n) is 4.74. The van der Waals surface area contributed by atoms with E-state index in [1.54, 1.807) is 11.5 Å². The molecule has 0 N–H and O–H groups in total. The second-order valence-electron chi connectivity index (χ2n) is 7.54. The minimum atomic E-state index is -4.12. The number of hydrogen-bond acceptors (Lipinski definition) is 3. The molecule has 0 saturated carbocycles. The molecule has 0 saturated heterocycles. The monoisotopic (exact) mass is 496 g/mol. The van der Waals surface area contributed by atoms with Gasteiger partial charge in [0.15, 0.2) is 0 Å². The first-order valence-corrected chi connectivity index (χ1v) is 20.0. The van der Waals surface area contributed by atoms with Gasteiger partial charge in [-0.2, -0.15) is 0 Å². The summed E-state index contributed by atoms with van der Waals surface area (Å²) in [6, 6.07) is 0. The van der Waals surface area contributed by atoms with Crippen LogP contribution >= 0.6 is 0 Å². The summed E-state index contributed by atoms with van der Waals surface area (Å²) in [7, 11) is 0. The third kappa shape index (κ3) is 6.67. The fourth-order valence-corrected chi connectivity index (χ4v) is 19.7. The van der Waals surface area contributed by atoms with Crippen molar-refractivity contribution in [1.29, 1.82) is 0 Å². The van der Waals surface area contributed by atoms with Crippen molar-refractivity contribution < 1.29 is 33.5 Å². The van der Waals surface area contributed by atoms with Gasteiger partial charge in [0.05, 0.1) is 0 Å². The Morgan fingerprint density at radius 3 is 1.68 bits per heavy atom. The Morgan fingerprint density at radius 1 is 0.960 bits per heavy atom. The van der Waals surface area contributed by atoms with Gasteiger partial charge in [-0.3, -0.25) is 0 Å². The molecular formula is C19H37FGeO3Zr. The fourth-order valence-electron chi connectivity index (χ4n) is 2.69. The summed E-state index contributed by atoms with van der Waals surface area (Å²) >= 11 is -7.64. The fraction of sp³-hybridized carbons (Fsp3) is 0.789. The molecule has 0 bridgehead atoms. The maximum atomic E-state index is 15.1. The average Bonchev–Trinajstić information content (AvgIpc) is 3.04. The van der Waals surface area contributed by atoms with Crippen LogP contribution in [0.3, 0.4) is 0 Å². The SMILES string of the molecule is CCC(C)[O][Zr]([O]C(C)CC)([O]C(C)CC)[C]1=[C]([Ge]([CH3])([CH3])[F])C=CC1. The van der Waals surface area contributed by atoms with Crippen LogP contribution in [0.25, 0.3) is 0 Å². The van der Waals surface area contributed by atoms with Gasteiger partial charge in [-0.05, 0) is 0 Å². The van der Waals surface area contributed by atoms with Crippen LogP contribution in [0.5, 0.6) is 0 Å². The summed E-state index contributed by atoms with van der Waals surface area (Å²) in [6.45, 7) is 12.5. The van der Waals surface area contributed by atoms with Crippen LogP contribution in [-0.2, 0) is 30.0 Å². The van der Waals surface area contributed by atoms with Crippen LogP contribution in [0.15, 0.2) is 19.8 Å². The third-order valence-corrected chi connectivity index (χ3v) is 17.9. The first kappa shape index (κ1) is 23.8. The number of allylic oxidation sites excluding steroid dienone is 4. The zero-order valence-electron chi connectivity index (χ0n) is 17.3. The first-order chi connectivity index (χ1) is 11.6. The average molecular weight is 496 g/mol. The normalized spacial score (nSPS) is 21.3. The van der Waals surface area contributed by atoms with E-state index in [4.69, 9.17) is 8.44 Å². The Bertz CT molecular complexity index is 456. The van der Waals surface area contributed by atoms with Crippen molar-refractivity contribution in [2.45, 2.75) is 97.1 Å². The molecule has 1 aliphatic rings. The predicted octanol–water partition coefficient (Wildman–Crippen LogP) is 6.26. The van der Waals surface area contributed by atoms with E-state index in [0.29, 0.717) is 6.42 Å². The molecule has 1 rings (SSSR count). The van der Waals surface area contributed by atoms with Gasteiger partial charge in [-0.25, -0.2) is 0 Å². The Morgan fingerprint density at radius 2 is 1.36 bits per heavy atom. The molecule has 3 nitrogen and oxygen atoms in total. The van der Waals surface area contributed by atoms with E-state index in [2.05, 4.69) is 47.6 Å². The Balaban J connectivity index is 3.45. The molecule has 0 amide bonds. The van der Waals surface area contributed by atoms with E-state index in [1.807, 2.05) is 6.08 Å². The van der Waals surface area contributed by atoms with Crippen molar-refractivity contribution in [2.75, 3.05) is 0 Å². The van der Waals surface area contributed by atoms with Crippen LogP contribution in [0, 0.1) is 0 Å². The van der Waals surface area contributed by atoms with Gasteiger partial charge in [0.25, 0.3) is 0 Å². The molecule has 0 fully saturated rings. The molecule has 0 heterocycles. The molecule has 25 heavy (non-hydrogen) atoms. The van der Waals surface area contributed by atoms with Gasteiger partial charge in [-0.1, -0.05) is 0 Å². The molecular weight excluding hydrogens is 459 g/mol. The first-order valence-electron chi connectivity index (χ1n) is 9.72. The van der Waals surface area contributed by atoms with Gasteiger partial charge in [0, 0.05) is 0 Å². The molecule has 6 heteroatoms. The minimum absolute atomic E-state index is 0.0495. The number of rotatable bonds is 11. The van der Waals surface area contributed by atoms with Crippen molar-refractivity contribution in [3.63, 3.8) is 0 Å². The molecule has 3 unspecified atom stereocenters. The molecule has 0 aliphatic heterocycles. The van der Waals surface area contributed by atoms with E-state index in [0.717, 1.165) is 26.9 Å². The molecule has 0 spiro atoms. The van der Waals surface area contributed by atoms with Crippen molar-refractivity contribution in [3.8, 4) is 0 Å². The second-order valence-corrected chi connectivity index (χ2v) is 20.8. The topological polar surface area (TPSA) is 27.7 Å². The quantitative estimate of drug-likeness (QED) is 0.316. The van der Waals surface area contributed by atoms with Crippen LogP contribution in [0.1, 0.15) is 67.2 Å². The Hall–Kier alpha value is 0.716. The predicted molar refractivity (Wildman–Crippen MR) is 102 cm³/mol. The van der Waals surface area contributed by atoms with Crippen molar-refractivity contribution in [1.82, 2.24) is 0 Å². The Labute approximate surface area is 163 Å². The van der Waals surface area contributed by atoms with Crippen LogP contribution < -0.4 is 0 Å². The zero-order valence-corrected chi connectivity index (χ0v) is 21.9. The van der Waals surface area contributed by atoms with Crippen LogP contribution in [0.2, 0.25) is 11.5 Å². The van der Waals surface area contributed by atoms with Crippen molar-refractivity contribution in [2.24, 2.45) is 0 Å². The van der Waals surface area contributed by atoms with E-state index in [-0.39, 0.29) is 18.3 Å². The molecule has 0 aromatic heterocycles. The molecule has 1 aliphatic carbocycles. The zero-order chi connectivity index (χ0) is 19.3. The van der Waals surface area contributed by atoms with Gasteiger partial charge in [0.2, 0.25) is 0 Å². The molecule has 146 valence electrons. The van der Waals surface area contributed by atoms with Gasteiger partial charge in [0.1, 0.15) is 0 Å². The van der Waals surface area contributed by atoms with Gasteiger partial charge in [-0.15, -0.1) is 0 Å². The van der Waals surface area contributed by atoms with Crippen molar-refractivity contribution >= 4 is 13.7 Å². The van der Waals surface area contributed by atoms with Crippen LogP contribution in [-0.4, -0.2) is 32.0 Å². The maximum absolute atomic E-state index is 15.1. The molecule has 0 aromatic rings. The van der Waals surface area contributed by atoms with E-state index in [9.17, 15) is 0 Å². The summed E-state index contributed by atoms with van der Waals surface area (Å²) in [5.74, 6) is 3.58. The summed E-state index contributed by atoms with van der Waals surface area (Å²) in [5.41, 5.74) is 0. The molecule has 3 atom stereocenters. The Kier molecular flexibility index (Phi) is 9.80. The standard InChI is InChI=1S/C7H10FGe.3C4H9O.Zr/c1-9(2,8)7-5-3-4-6-7;3*1-3-4(2)5;/h3,5H,4H2,1-2H3;3*4H,3H2,1-2H3;/q;3*-1;+3. The molecule has 0 radical (unpaired) electrons. The summed E-state index contributed by atoms with van der Waals surface area (Å²) in [4.78, 5) is 0. The summed E-state index contributed by atoms with van der Waals surface area (Å²) in [5, 5.41) is 0. The van der Waals surface area contributed by atoms with Gasteiger partial charge < -0.3 is 0 Å². The van der Waals surface area contributed by atoms with E-state index >= 15 is 3.50 Å². The van der Waals surface area contributed by atoms with E-state index < -0.39 is 35.3 Å². The number of halogens is 1. The summed E-state index contributed by atoms with van der Waals surface area (Å²) < 4.78 is 36.7. The van der Waals surface area contributed by atoms with Gasteiger partial charge >= 0.3 is 164 Å². The molecule has 0 aromatic carbocycles. The second kappa shape index (κ2) is 10.3. The number of hydrogen-bond donors (Lipinski definition) is 0. The van der Waals surface area contributed by atoms with Crippen LogP contribution in [0.4, 0.5) is 3.50 Å². The van der Waals surface area contributed by atoms with E-state index in [1.165, 1.54) is 0 Å².